The smallest absolute Gasteiger partial charge is 0.319 e. The summed E-state index contributed by atoms with van der Waals surface area (Å²) in [4.78, 5) is 24.4. The van der Waals surface area contributed by atoms with Crippen molar-refractivity contribution in [2.24, 2.45) is 0 Å². The second-order valence-electron chi connectivity index (χ2n) is 6.73. The zero-order valence-corrected chi connectivity index (χ0v) is 16.3. The van der Waals surface area contributed by atoms with Gasteiger partial charge in [0.25, 0.3) is 5.91 Å². The Labute approximate surface area is 169 Å². The number of rotatable bonds is 6. The van der Waals surface area contributed by atoms with E-state index in [0.29, 0.717) is 22.7 Å². The Balaban J connectivity index is 1.61. The molecule has 0 aliphatic rings. The van der Waals surface area contributed by atoms with E-state index in [2.05, 4.69) is 16.0 Å². The van der Waals surface area contributed by atoms with Crippen LogP contribution in [-0.2, 0) is 0 Å². The van der Waals surface area contributed by atoms with Gasteiger partial charge in [-0.05, 0) is 68.4 Å². The Morgan fingerprint density at radius 1 is 0.759 bits per heavy atom. The van der Waals surface area contributed by atoms with E-state index in [0.717, 1.165) is 5.75 Å². The van der Waals surface area contributed by atoms with Crippen LogP contribution < -0.4 is 20.7 Å². The molecule has 6 heteroatoms. The molecule has 3 rings (SSSR count). The highest BCUT2D eigenvalue weighted by Gasteiger charge is 2.09. The first kappa shape index (κ1) is 19.9. The maximum atomic E-state index is 12.5. The van der Waals surface area contributed by atoms with Gasteiger partial charge in [0.1, 0.15) is 11.5 Å². The third-order valence-corrected chi connectivity index (χ3v) is 3.89. The predicted octanol–water partition coefficient (Wildman–Crippen LogP) is 5.26. The maximum absolute atomic E-state index is 12.5. The molecule has 0 aliphatic carbocycles. The number of ether oxygens (including phenoxy) is 1. The summed E-state index contributed by atoms with van der Waals surface area (Å²) in [6, 6.07) is 23.1. The Bertz CT molecular complexity index is 970. The Hall–Kier alpha value is -3.80. The van der Waals surface area contributed by atoms with Gasteiger partial charge in [-0.2, -0.15) is 0 Å². The summed E-state index contributed by atoms with van der Waals surface area (Å²) >= 11 is 0. The van der Waals surface area contributed by atoms with E-state index < -0.39 is 0 Å². The quantitative estimate of drug-likeness (QED) is 0.538. The van der Waals surface area contributed by atoms with Crippen molar-refractivity contribution >= 4 is 23.3 Å². The molecule has 0 heterocycles. The van der Waals surface area contributed by atoms with Gasteiger partial charge in [-0.3, -0.25) is 4.79 Å². The van der Waals surface area contributed by atoms with Crippen LogP contribution in [0.3, 0.4) is 0 Å². The lowest BCUT2D eigenvalue weighted by Crippen LogP contribution is -2.34. The number of amides is 3. The largest absolute Gasteiger partial charge is 0.457 e. The monoisotopic (exact) mass is 389 g/mol. The molecular weight excluding hydrogens is 366 g/mol. The topological polar surface area (TPSA) is 79.5 Å². The zero-order valence-electron chi connectivity index (χ0n) is 16.3. The van der Waals surface area contributed by atoms with Crippen LogP contribution in [0.2, 0.25) is 0 Å². The lowest BCUT2D eigenvalue weighted by molar-refractivity contribution is 0.102. The van der Waals surface area contributed by atoms with Crippen LogP contribution in [0.1, 0.15) is 24.2 Å². The van der Waals surface area contributed by atoms with Crippen molar-refractivity contribution in [3.8, 4) is 11.5 Å². The van der Waals surface area contributed by atoms with E-state index >= 15 is 0 Å². The summed E-state index contributed by atoms with van der Waals surface area (Å²) in [5, 5.41) is 8.30. The molecule has 0 saturated carbocycles. The van der Waals surface area contributed by atoms with Crippen molar-refractivity contribution in [2.75, 3.05) is 10.6 Å². The molecule has 0 saturated heterocycles. The number of hydrogen-bond donors (Lipinski definition) is 3. The van der Waals surface area contributed by atoms with Crippen LogP contribution >= 0.6 is 0 Å². The van der Waals surface area contributed by atoms with E-state index in [1.54, 1.807) is 48.5 Å². The highest BCUT2D eigenvalue weighted by molar-refractivity contribution is 6.05. The van der Waals surface area contributed by atoms with Crippen molar-refractivity contribution in [3.63, 3.8) is 0 Å². The minimum absolute atomic E-state index is 0.0234. The van der Waals surface area contributed by atoms with Crippen molar-refractivity contribution in [1.29, 1.82) is 0 Å². The molecule has 6 nitrogen and oxygen atoms in total. The lowest BCUT2D eigenvalue weighted by atomic mass is 10.2. The van der Waals surface area contributed by atoms with Crippen molar-refractivity contribution < 1.29 is 14.3 Å². The van der Waals surface area contributed by atoms with Crippen LogP contribution in [0.25, 0.3) is 0 Å². The molecule has 0 aromatic heterocycles. The molecule has 0 unspecified atom stereocenters. The molecule has 0 fully saturated rings. The van der Waals surface area contributed by atoms with Gasteiger partial charge in [-0.25, -0.2) is 4.79 Å². The molecule has 3 N–H and O–H groups in total. The Kier molecular flexibility index (Phi) is 6.47. The third kappa shape index (κ3) is 6.10. The normalized spacial score (nSPS) is 10.3. The maximum Gasteiger partial charge on any atom is 0.319 e. The van der Waals surface area contributed by atoms with Gasteiger partial charge in [0.05, 0.1) is 0 Å². The number of hydrogen-bond acceptors (Lipinski definition) is 3. The van der Waals surface area contributed by atoms with Gasteiger partial charge >= 0.3 is 6.03 Å². The minimum atomic E-state index is -0.313. The third-order valence-electron chi connectivity index (χ3n) is 3.89. The first-order valence-electron chi connectivity index (χ1n) is 9.31. The van der Waals surface area contributed by atoms with E-state index in [1.165, 1.54) is 0 Å². The summed E-state index contributed by atoms with van der Waals surface area (Å²) in [6.07, 6.45) is 0. The lowest BCUT2D eigenvalue weighted by Gasteiger charge is -2.11. The molecule has 0 atom stereocenters. The number of para-hydroxylation sites is 1. The number of nitrogens with one attached hydrogen (secondary N) is 3. The van der Waals surface area contributed by atoms with Gasteiger partial charge in [0, 0.05) is 23.0 Å². The Morgan fingerprint density at radius 3 is 2.14 bits per heavy atom. The van der Waals surface area contributed by atoms with E-state index in [-0.39, 0.29) is 18.0 Å². The summed E-state index contributed by atoms with van der Waals surface area (Å²) in [5.74, 6) is 1.15. The SMILES string of the molecule is CC(C)NC(=O)Nc1cccc(C(=O)Nc2ccc(Oc3ccccc3)cc2)c1. The van der Waals surface area contributed by atoms with Gasteiger partial charge < -0.3 is 20.7 Å². The van der Waals surface area contributed by atoms with Crippen LogP contribution in [0.4, 0.5) is 16.2 Å². The molecule has 0 aliphatic heterocycles. The molecular formula is C23H23N3O3. The molecule has 0 radical (unpaired) electrons. The first-order valence-corrected chi connectivity index (χ1v) is 9.31. The van der Waals surface area contributed by atoms with Crippen LogP contribution in [0, 0.1) is 0 Å². The number of benzene rings is 3. The molecule has 3 aromatic rings. The van der Waals surface area contributed by atoms with Crippen LogP contribution in [0.15, 0.2) is 78.9 Å². The van der Waals surface area contributed by atoms with Gasteiger partial charge in [0.15, 0.2) is 0 Å². The Morgan fingerprint density at radius 2 is 1.45 bits per heavy atom. The second kappa shape index (κ2) is 9.41. The first-order chi connectivity index (χ1) is 14.0. The standard InChI is InChI=1S/C23H23N3O3/c1-16(2)24-23(28)26-19-8-6-7-17(15-19)22(27)25-18-11-13-21(14-12-18)29-20-9-4-3-5-10-20/h3-16H,1-2H3,(H,25,27)(H2,24,26,28). The van der Waals surface area contributed by atoms with E-state index in [1.807, 2.05) is 44.2 Å². The number of anilines is 2. The summed E-state index contributed by atoms with van der Waals surface area (Å²) in [5.41, 5.74) is 1.63. The van der Waals surface area contributed by atoms with Crippen molar-refractivity contribution in [2.45, 2.75) is 19.9 Å². The second-order valence-corrected chi connectivity index (χ2v) is 6.73. The zero-order chi connectivity index (χ0) is 20.6. The molecule has 0 spiro atoms. The van der Waals surface area contributed by atoms with Crippen LogP contribution in [-0.4, -0.2) is 18.0 Å². The van der Waals surface area contributed by atoms with Crippen LogP contribution in [0.5, 0.6) is 11.5 Å². The highest BCUT2D eigenvalue weighted by atomic mass is 16.5. The molecule has 29 heavy (non-hydrogen) atoms. The summed E-state index contributed by atoms with van der Waals surface area (Å²) < 4.78 is 5.74. The molecule has 0 bridgehead atoms. The molecule has 148 valence electrons. The van der Waals surface area contributed by atoms with Crippen molar-refractivity contribution in [1.82, 2.24) is 5.32 Å². The van der Waals surface area contributed by atoms with Crippen molar-refractivity contribution in [3.05, 3.63) is 84.4 Å². The summed E-state index contributed by atoms with van der Waals surface area (Å²) in [6.45, 7) is 3.75. The van der Waals surface area contributed by atoms with Gasteiger partial charge in [0.2, 0.25) is 0 Å². The predicted molar refractivity (Wildman–Crippen MR) is 115 cm³/mol. The highest BCUT2D eigenvalue weighted by Crippen LogP contribution is 2.23. The average molecular weight is 389 g/mol. The van der Waals surface area contributed by atoms with Gasteiger partial charge in [-0.1, -0.05) is 24.3 Å². The molecule has 3 amide bonds. The van der Waals surface area contributed by atoms with E-state index in [9.17, 15) is 9.59 Å². The fourth-order valence-corrected chi connectivity index (χ4v) is 2.60. The number of urea groups is 1. The van der Waals surface area contributed by atoms with E-state index in [4.69, 9.17) is 4.74 Å². The summed E-state index contributed by atoms with van der Waals surface area (Å²) in [7, 11) is 0. The van der Waals surface area contributed by atoms with Gasteiger partial charge in [-0.15, -0.1) is 0 Å². The minimum Gasteiger partial charge on any atom is -0.457 e. The fraction of sp³-hybridized carbons (Fsp3) is 0.130. The average Bonchev–Trinajstić information content (AvgIpc) is 2.70. The fourth-order valence-electron chi connectivity index (χ4n) is 2.60. The number of carbonyl (C=O) groups is 2. The number of carbonyl (C=O) groups excluding carboxylic acids is 2. The molecule has 3 aromatic carbocycles.